The lowest BCUT2D eigenvalue weighted by Crippen LogP contribution is -2.37. The van der Waals surface area contributed by atoms with Crippen molar-refractivity contribution >= 4 is 24.4 Å². The summed E-state index contributed by atoms with van der Waals surface area (Å²) in [7, 11) is -1.57. The average molecular weight is 250 g/mol. The molecule has 1 atom stereocenters. The summed E-state index contributed by atoms with van der Waals surface area (Å²) in [5.41, 5.74) is 0.246. The highest BCUT2D eigenvalue weighted by Gasteiger charge is 2.23. The lowest BCUT2D eigenvalue weighted by molar-refractivity contribution is -0.120. The van der Waals surface area contributed by atoms with Gasteiger partial charge in [0.2, 0.25) is 11.9 Å². The number of nitrogens with one attached hydrogen (secondary N) is 1. The fourth-order valence-electron chi connectivity index (χ4n) is 1.90. The van der Waals surface area contributed by atoms with Crippen molar-refractivity contribution in [3.05, 3.63) is 12.4 Å². The van der Waals surface area contributed by atoms with Gasteiger partial charge in [0, 0.05) is 43.4 Å². The molecule has 1 aromatic rings. The fraction of sp³-hybridized carbons (Fsp3) is 0.500. The van der Waals surface area contributed by atoms with E-state index in [4.69, 9.17) is 10.0 Å². The molecule has 1 aliphatic rings. The maximum Gasteiger partial charge on any atom is 0.491 e. The van der Waals surface area contributed by atoms with Gasteiger partial charge in [0.25, 0.3) is 0 Å². The summed E-state index contributed by atoms with van der Waals surface area (Å²) in [5, 5.41) is 20.7. The fourth-order valence-corrected chi connectivity index (χ4v) is 1.90. The second kappa shape index (κ2) is 5.32. The summed E-state index contributed by atoms with van der Waals surface area (Å²) in [6.45, 7) is 3.12. The first kappa shape index (κ1) is 12.8. The van der Waals surface area contributed by atoms with E-state index in [-0.39, 0.29) is 17.4 Å². The van der Waals surface area contributed by atoms with Gasteiger partial charge < -0.3 is 20.3 Å². The Morgan fingerprint density at radius 2 is 2.11 bits per heavy atom. The molecule has 1 fully saturated rings. The third kappa shape index (κ3) is 2.77. The molecule has 0 bridgehead atoms. The second-order valence-corrected chi connectivity index (χ2v) is 4.29. The predicted octanol–water partition coefficient (Wildman–Crippen LogP) is -2.13. The highest BCUT2D eigenvalue weighted by atomic mass is 16.4. The number of carbonyl (C=O) groups is 1. The number of anilines is 1. The molecule has 0 unspecified atom stereocenters. The van der Waals surface area contributed by atoms with Crippen LogP contribution in [0, 0.1) is 0 Å². The molecule has 0 saturated carbocycles. The molecule has 1 amide bonds. The second-order valence-electron chi connectivity index (χ2n) is 4.29. The Bertz CT molecular complexity index is 426. The Morgan fingerprint density at radius 3 is 2.72 bits per heavy atom. The van der Waals surface area contributed by atoms with Gasteiger partial charge in [-0.2, -0.15) is 0 Å². The maximum absolute atomic E-state index is 11.4. The van der Waals surface area contributed by atoms with Crippen molar-refractivity contribution < 1.29 is 14.8 Å². The van der Waals surface area contributed by atoms with Crippen molar-refractivity contribution in [1.29, 1.82) is 0 Å². The Labute approximate surface area is 105 Å². The van der Waals surface area contributed by atoms with Gasteiger partial charge in [-0.15, -0.1) is 0 Å². The molecular weight excluding hydrogens is 235 g/mol. The highest BCUT2D eigenvalue weighted by Crippen LogP contribution is 2.13. The monoisotopic (exact) mass is 250 g/mol. The van der Waals surface area contributed by atoms with Gasteiger partial charge in [-0.25, -0.2) is 9.97 Å². The summed E-state index contributed by atoms with van der Waals surface area (Å²) in [4.78, 5) is 21.5. The molecule has 7 nitrogen and oxygen atoms in total. The quantitative estimate of drug-likeness (QED) is 0.519. The van der Waals surface area contributed by atoms with Crippen LogP contribution in [0.25, 0.3) is 0 Å². The van der Waals surface area contributed by atoms with Crippen LogP contribution in [0.15, 0.2) is 12.4 Å². The summed E-state index contributed by atoms with van der Waals surface area (Å²) in [5.74, 6) is 0.510. The molecule has 96 valence electrons. The Kier molecular flexibility index (Phi) is 3.78. The number of hydrogen-bond acceptors (Lipinski definition) is 6. The third-order valence-corrected chi connectivity index (χ3v) is 2.90. The average Bonchev–Trinajstić information content (AvgIpc) is 2.50. The number of hydrogen-bond donors (Lipinski definition) is 3. The number of amides is 1. The summed E-state index contributed by atoms with van der Waals surface area (Å²) >= 11 is 0. The van der Waals surface area contributed by atoms with Crippen LogP contribution in [0.2, 0.25) is 0 Å². The summed E-state index contributed by atoms with van der Waals surface area (Å²) < 4.78 is 0. The molecule has 18 heavy (non-hydrogen) atoms. The first-order valence-corrected chi connectivity index (χ1v) is 5.79. The van der Waals surface area contributed by atoms with Crippen LogP contribution in [0.4, 0.5) is 5.95 Å². The summed E-state index contributed by atoms with van der Waals surface area (Å²) in [6.07, 6.45) is 3.15. The van der Waals surface area contributed by atoms with E-state index in [9.17, 15) is 4.79 Å². The van der Waals surface area contributed by atoms with Crippen LogP contribution in [0.5, 0.6) is 0 Å². The molecule has 0 aromatic carbocycles. The predicted molar refractivity (Wildman–Crippen MR) is 66.3 cm³/mol. The van der Waals surface area contributed by atoms with E-state index in [1.165, 1.54) is 12.4 Å². The van der Waals surface area contributed by atoms with E-state index in [2.05, 4.69) is 15.3 Å². The summed E-state index contributed by atoms with van der Waals surface area (Å²) in [6, 6.07) is 0.0115. The largest absolute Gasteiger partial charge is 0.491 e. The zero-order valence-electron chi connectivity index (χ0n) is 10.1. The zero-order valence-corrected chi connectivity index (χ0v) is 10.1. The van der Waals surface area contributed by atoms with E-state index in [0.29, 0.717) is 25.5 Å². The SMILES string of the molecule is C[C@@H]1CC(=O)NCCN1c1ncc(B(O)O)cn1. The van der Waals surface area contributed by atoms with Crippen LogP contribution in [0.1, 0.15) is 13.3 Å². The van der Waals surface area contributed by atoms with Crippen LogP contribution in [-0.2, 0) is 4.79 Å². The molecule has 0 radical (unpaired) electrons. The van der Waals surface area contributed by atoms with Crippen molar-refractivity contribution in [2.75, 3.05) is 18.0 Å². The van der Waals surface area contributed by atoms with Crippen LogP contribution < -0.4 is 15.7 Å². The molecule has 0 spiro atoms. The van der Waals surface area contributed by atoms with E-state index in [0.717, 1.165) is 0 Å². The third-order valence-electron chi connectivity index (χ3n) is 2.90. The minimum atomic E-state index is -1.57. The lowest BCUT2D eigenvalue weighted by Gasteiger charge is -2.25. The zero-order chi connectivity index (χ0) is 13.1. The van der Waals surface area contributed by atoms with Gasteiger partial charge in [-0.1, -0.05) is 0 Å². The smallest absolute Gasteiger partial charge is 0.423 e. The minimum absolute atomic E-state index is 0.0115. The van der Waals surface area contributed by atoms with E-state index >= 15 is 0 Å². The number of rotatable bonds is 2. The highest BCUT2D eigenvalue weighted by molar-refractivity contribution is 6.58. The van der Waals surface area contributed by atoms with E-state index < -0.39 is 7.12 Å². The molecule has 1 aromatic heterocycles. The minimum Gasteiger partial charge on any atom is -0.423 e. The van der Waals surface area contributed by atoms with Crippen LogP contribution in [0.3, 0.4) is 0 Å². The van der Waals surface area contributed by atoms with Gasteiger partial charge in [-0.05, 0) is 6.92 Å². The number of aromatic nitrogens is 2. The molecular formula is C10H15BN4O3. The lowest BCUT2D eigenvalue weighted by atomic mass is 9.83. The molecule has 1 aliphatic heterocycles. The topological polar surface area (TPSA) is 98.6 Å². The Morgan fingerprint density at radius 1 is 1.44 bits per heavy atom. The van der Waals surface area contributed by atoms with Gasteiger partial charge in [0.05, 0.1) is 0 Å². The van der Waals surface area contributed by atoms with Crippen molar-refractivity contribution in [1.82, 2.24) is 15.3 Å². The first-order chi connectivity index (χ1) is 8.58. The number of carbonyl (C=O) groups excluding carboxylic acids is 1. The van der Waals surface area contributed by atoms with Gasteiger partial charge in [0.1, 0.15) is 0 Å². The number of nitrogens with zero attached hydrogens (tertiary/aromatic N) is 3. The normalized spacial score (nSPS) is 20.3. The van der Waals surface area contributed by atoms with Gasteiger partial charge >= 0.3 is 7.12 Å². The van der Waals surface area contributed by atoms with Gasteiger partial charge in [-0.3, -0.25) is 4.79 Å². The molecule has 1 saturated heterocycles. The maximum atomic E-state index is 11.4. The van der Waals surface area contributed by atoms with Crippen molar-refractivity contribution in [3.8, 4) is 0 Å². The molecule has 8 heteroatoms. The molecule has 3 N–H and O–H groups in total. The van der Waals surface area contributed by atoms with Crippen molar-refractivity contribution in [2.45, 2.75) is 19.4 Å². The van der Waals surface area contributed by atoms with Crippen molar-refractivity contribution in [2.24, 2.45) is 0 Å². The van der Waals surface area contributed by atoms with E-state index in [1.807, 2.05) is 11.8 Å². The first-order valence-electron chi connectivity index (χ1n) is 5.79. The Hall–Kier alpha value is -1.67. The molecule has 2 rings (SSSR count). The Balaban J connectivity index is 2.16. The van der Waals surface area contributed by atoms with Gasteiger partial charge in [0.15, 0.2) is 0 Å². The van der Waals surface area contributed by atoms with E-state index in [1.54, 1.807) is 0 Å². The van der Waals surface area contributed by atoms with Crippen LogP contribution in [-0.4, -0.2) is 52.2 Å². The molecule has 2 heterocycles. The molecule has 0 aliphatic carbocycles. The van der Waals surface area contributed by atoms with Crippen LogP contribution >= 0.6 is 0 Å². The standard InChI is InChI=1S/C10H15BN4O3/c1-7-4-9(16)12-2-3-15(7)10-13-5-8(6-14-10)11(17)18/h5-7,17-18H,2-4H2,1H3,(H,12,16)/t7-/m1/s1. The van der Waals surface area contributed by atoms with Crippen molar-refractivity contribution in [3.63, 3.8) is 0 Å².